The van der Waals surface area contributed by atoms with Crippen molar-refractivity contribution >= 4 is 42.6 Å². The fourth-order valence-corrected chi connectivity index (χ4v) is 11.0. The molecule has 8 rings (SSSR count). The molecule has 16 nitrogen and oxygen atoms in total. The van der Waals surface area contributed by atoms with E-state index in [0.29, 0.717) is 29.5 Å². The third-order valence-corrected chi connectivity index (χ3v) is 16.0. The molecule has 0 spiro atoms. The highest BCUT2D eigenvalue weighted by molar-refractivity contribution is 14.1. The highest BCUT2D eigenvalue weighted by Crippen LogP contribution is 2.34. The average Bonchev–Trinajstić information content (AvgIpc) is 4.02. The zero-order valence-electron chi connectivity index (χ0n) is 39.4. The lowest BCUT2D eigenvalue weighted by atomic mass is 9.84. The number of alkyl halides is 1. The highest BCUT2D eigenvalue weighted by Gasteiger charge is 2.28. The molecule has 0 radical (unpaired) electrons. The molecule has 4 aromatic rings. The lowest BCUT2D eigenvalue weighted by Crippen LogP contribution is -2.41. The van der Waals surface area contributed by atoms with Crippen LogP contribution in [0.25, 0.3) is 22.8 Å². The molecule has 0 amide bonds. The number of benzene rings is 2. The van der Waals surface area contributed by atoms with Crippen LogP contribution in [0.2, 0.25) is 0 Å². The molecule has 2 aliphatic carbocycles. The first-order valence-electron chi connectivity index (χ1n) is 24.0. The minimum absolute atomic E-state index is 0.191. The summed E-state index contributed by atoms with van der Waals surface area (Å²) in [6.45, 7) is 12.6. The smallest absolute Gasteiger partial charge is 0.240 e. The Morgan fingerprint density at radius 2 is 1.12 bits per heavy atom. The van der Waals surface area contributed by atoms with Crippen LogP contribution in [-0.4, -0.2) is 112 Å². The third kappa shape index (κ3) is 14.5. The Labute approximate surface area is 401 Å². The lowest BCUT2D eigenvalue weighted by molar-refractivity contribution is 0.129. The molecule has 4 heterocycles. The van der Waals surface area contributed by atoms with Gasteiger partial charge in [-0.2, -0.15) is 9.59 Å². The van der Waals surface area contributed by atoms with Crippen molar-refractivity contribution in [2.45, 2.75) is 162 Å². The third-order valence-electron chi connectivity index (χ3n) is 13.2. The number of sulfonamides is 2. The Hall–Kier alpha value is -2.95. The van der Waals surface area contributed by atoms with Gasteiger partial charge in [-0.15, -0.1) is 20.4 Å². The van der Waals surface area contributed by atoms with Gasteiger partial charge >= 0.3 is 0 Å². The number of likely N-dealkylation sites (tertiary alicyclic amines) is 1. The first-order valence-corrected chi connectivity index (χ1v) is 28.2. The molecule has 2 aliphatic heterocycles. The summed E-state index contributed by atoms with van der Waals surface area (Å²) in [5.74, 6) is 2.29. The van der Waals surface area contributed by atoms with E-state index >= 15 is 0 Å². The predicted octanol–water partition coefficient (Wildman–Crippen LogP) is 7.54. The van der Waals surface area contributed by atoms with Crippen molar-refractivity contribution in [2.24, 2.45) is 11.8 Å². The average molecular weight is 1050 g/mol. The molecular weight excluding hydrogens is 976 g/mol. The fourth-order valence-electron chi connectivity index (χ4n) is 9.50. The fraction of sp³-hybridized carbons (Fsp3) is 0.696. The molecule has 3 N–H and O–H groups in total. The first kappa shape index (κ1) is 51.4. The predicted molar refractivity (Wildman–Crippen MR) is 265 cm³/mol. The highest BCUT2D eigenvalue weighted by atomic mass is 127. The maximum absolute atomic E-state index is 12.5. The number of aromatic nitrogens is 8. The number of hydrogen-bond acceptors (Lipinski definition) is 12. The standard InChI is InChI=1S/C23H36N6O2S.C20H30N6O2S.C3H7I/c1-17(2)28-13-7-10-20(16-28)29-26-23(25-27-29)22-15-21(32(30,31)24-3)12-11-19(22)14-18-8-5-4-6-9-18;1-21-29(27,28)18-10-9-16(12-15-6-3-2-4-7-15)19(13-18)20-23-25-26(24-20)17-8-5-11-22-14-17;1-3(2)4/h11-12,15,17-18,20,24H,4-10,13-14,16H2,1-3H3;9-10,13,15,17,21-22H,2-8,11-12,14H2,1H3;3H,1-2H3. The van der Waals surface area contributed by atoms with Crippen LogP contribution in [0.5, 0.6) is 0 Å². The monoisotopic (exact) mass is 1050 g/mol. The molecule has 360 valence electrons. The Kier molecular flexibility index (Phi) is 19.3. The van der Waals surface area contributed by atoms with Gasteiger partial charge in [0, 0.05) is 34.2 Å². The molecule has 2 atom stereocenters. The summed E-state index contributed by atoms with van der Waals surface area (Å²) in [6, 6.07) is 11.5. The molecule has 2 aromatic heterocycles. The topological polar surface area (TPSA) is 195 Å². The zero-order chi connectivity index (χ0) is 46.6. The summed E-state index contributed by atoms with van der Waals surface area (Å²) in [6.07, 6.45) is 18.7. The van der Waals surface area contributed by atoms with Crippen LogP contribution < -0.4 is 14.8 Å². The van der Waals surface area contributed by atoms with E-state index in [1.807, 2.05) is 12.1 Å². The molecule has 4 aliphatic rings. The van der Waals surface area contributed by atoms with Crippen LogP contribution in [-0.2, 0) is 32.9 Å². The number of tetrazole rings is 2. The summed E-state index contributed by atoms with van der Waals surface area (Å²) in [5, 5.41) is 30.1. The Morgan fingerprint density at radius 3 is 1.55 bits per heavy atom. The van der Waals surface area contributed by atoms with Crippen LogP contribution in [0.3, 0.4) is 0 Å². The minimum atomic E-state index is -3.55. The van der Waals surface area contributed by atoms with Crippen LogP contribution in [0.4, 0.5) is 0 Å². The molecule has 19 heteroatoms. The van der Waals surface area contributed by atoms with Gasteiger partial charge in [0.25, 0.3) is 0 Å². The summed E-state index contributed by atoms with van der Waals surface area (Å²) in [4.78, 5) is 6.35. The molecule has 2 unspecified atom stereocenters. The minimum Gasteiger partial charge on any atom is -0.315 e. The Balaban J connectivity index is 0.000000200. The van der Waals surface area contributed by atoms with Gasteiger partial charge in [-0.05, 0) is 137 Å². The van der Waals surface area contributed by atoms with E-state index in [4.69, 9.17) is 5.10 Å². The zero-order valence-corrected chi connectivity index (χ0v) is 43.2. The second-order valence-corrected chi connectivity index (χ2v) is 25.0. The molecule has 4 fully saturated rings. The normalized spacial score (nSPS) is 20.6. The second-order valence-electron chi connectivity index (χ2n) is 18.7. The maximum Gasteiger partial charge on any atom is 0.240 e. The van der Waals surface area contributed by atoms with Crippen molar-refractivity contribution in [3.63, 3.8) is 0 Å². The Bertz CT molecular complexity index is 2320. The summed E-state index contributed by atoms with van der Waals surface area (Å²) in [7, 11) is -4.22. The lowest BCUT2D eigenvalue weighted by Gasteiger charge is -2.34. The Morgan fingerprint density at radius 1 is 0.662 bits per heavy atom. The van der Waals surface area contributed by atoms with Crippen molar-refractivity contribution < 1.29 is 16.8 Å². The van der Waals surface area contributed by atoms with E-state index in [0.717, 1.165) is 90.9 Å². The first-order chi connectivity index (χ1) is 31.2. The van der Waals surface area contributed by atoms with Gasteiger partial charge in [0.15, 0.2) is 0 Å². The van der Waals surface area contributed by atoms with Crippen molar-refractivity contribution in [3.8, 4) is 22.8 Å². The number of nitrogens with zero attached hydrogens (tertiary/aromatic N) is 9. The van der Waals surface area contributed by atoms with Gasteiger partial charge < -0.3 is 5.32 Å². The van der Waals surface area contributed by atoms with E-state index in [9.17, 15) is 16.8 Å². The van der Waals surface area contributed by atoms with Crippen molar-refractivity contribution in [3.05, 3.63) is 47.5 Å². The van der Waals surface area contributed by atoms with Crippen molar-refractivity contribution in [2.75, 3.05) is 40.3 Å². The van der Waals surface area contributed by atoms with Gasteiger partial charge in [-0.25, -0.2) is 26.3 Å². The van der Waals surface area contributed by atoms with Crippen LogP contribution in [0, 0.1) is 11.8 Å². The molecule has 2 aromatic carbocycles. The molecule has 2 saturated heterocycles. The number of piperidine rings is 2. The number of halogens is 1. The summed E-state index contributed by atoms with van der Waals surface area (Å²) in [5.41, 5.74) is 3.78. The van der Waals surface area contributed by atoms with E-state index in [1.165, 1.54) is 78.3 Å². The van der Waals surface area contributed by atoms with Gasteiger partial charge in [0.1, 0.15) is 0 Å². The van der Waals surface area contributed by atoms with E-state index < -0.39 is 20.0 Å². The van der Waals surface area contributed by atoms with E-state index in [2.05, 4.69) is 95.7 Å². The summed E-state index contributed by atoms with van der Waals surface area (Å²) < 4.78 is 55.2. The largest absolute Gasteiger partial charge is 0.315 e. The van der Waals surface area contributed by atoms with Gasteiger partial charge in [0.2, 0.25) is 31.7 Å². The van der Waals surface area contributed by atoms with Gasteiger partial charge in [-0.3, -0.25) is 4.90 Å². The van der Waals surface area contributed by atoms with Crippen LogP contribution in [0.1, 0.15) is 141 Å². The molecule has 65 heavy (non-hydrogen) atoms. The quantitative estimate of drug-likeness (QED) is 0.0881. The SMILES string of the molecule is CC(C)I.CNS(=O)(=O)c1ccc(CC2CCCCC2)c(-c2nnn(C3CCCN(C(C)C)C3)n2)c1.CNS(=O)(=O)c1ccc(CC2CCCCC2)c(-c2nnn(C3CCCNC3)n2)c1. The number of hydrogen-bond donors (Lipinski definition) is 3. The summed E-state index contributed by atoms with van der Waals surface area (Å²) >= 11 is 2.34. The van der Waals surface area contributed by atoms with Crippen molar-refractivity contribution in [1.82, 2.24) is 60.1 Å². The molecule has 0 bridgehead atoms. The second kappa shape index (κ2) is 24.4. The molecule has 2 saturated carbocycles. The maximum atomic E-state index is 12.5. The van der Waals surface area contributed by atoms with Gasteiger partial charge in [0.05, 0.1) is 21.9 Å². The van der Waals surface area contributed by atoms with Crippen molar-refractivity contribution in [1.29, 1.82) is 0 Å². The van der Waals surface area contributed by atoms with Gasteiger partial charge in [-0.1, -0.05) is 113 Å². The number of rotatable bonds is 13. The van der Waals surface area contributed by atoms with Crippen LogP contribution in [0.15, 0.2) is 46.2 Å². The molecular formula is C46H73IN12O4S2. The van der Waals surface area contributed by atoms with Crippen LogP contribution >= 0.6 is 22.6 Å². The van der Waals surface area contributed by atoms with E-state index in [1.54, 1.807) is 33.9 Å². The number of nitrogens with one attached hydrogen (secondary N) is 3. The van der Waals surface area contributed by atoms with E-state index in [-0.39, 0.29) is 21.9 Å².